The molecule has 1 aromatic rings. The zero-order chi connectivity index (χ0) is 11.1. The van der Waals surface area contributed by atoms with Crippen LogP contribution in [0, 0.1) is 5.41 Å². The van der Waals surface area contributed by atoms with E-state index in [1.807, 2.05) is 4.68 Å². The van der Waals surface area contributed by atoms with E-state index in [0.29, 0.717) is 5.46 Å². The fourth-order valence-corrected chi connectivity index (χ4v) is 2.06. The molecule has 2 saturated carbocycles. The molecular weight excluding hydrogens is 191 g/mol. The topological polar surface area (TPSA) is 44.1 Å². The van der Waals surface area contributed by atoms with E-state index in [9.17, 15) is 4.79 Å². The highest BCUT2D eigenvalue weighted by molar-refractivity contribution is 6.31. The minimum Gasteiger partial charge on any atom is -0.388 e. The Kier molecular flexibility index (Phi) is 2.22. The van der Waals surface area contributed by atoms with Gasteiger partial charge in [-0.2, -0.15) is 5.10 Å². The lowest BCUT2D eigenvalue weighted by atomic mass is 10.0. The van der Waals surface area contributed by atoms with E-state index in [2.05, 4.69) is 9.84 Å². The van der Waals surface area contributed by atoms with Gasteiger partial charge in [0.05, 0.1) is 11.0 Å². The summed E-state index contributed by atoms with van der Waals surface area (Å²) in [6, 6.07) is 0. The van der Waals surface area contributed by atoms with E-state index in [1.54, 1.807) is 26.6 Å². The summed E-state index contributed by atoms with van der Waals surface area (Å²) in [7, 11) is 8.78. The molecule has 2 radical (unpaired) electrons. The van der Waals surface area contributed by atoms with Crippen LogP contribution in [-0.4, -0.2) is 38.1 Å². The molecule has 15 heavy (non-hydrogen) atoms. The van der Waals surface area contributed by atoms with Crippen molar-refractivity contribution in [1.82, 2.24) is 9.78 Å². The van der Waals surface area contributed by atoms with Gasteiger partial charge in [-0.05, 0) is 12.8 Å². The zero-order valence-corrected chi connectivity index (χ0v) is 8.93. The van der Waals surface area contributed by atoms with Crippen LogP contribution >= 0.6 is 0 Å². The molecule has 0 amide bonds. The first-order chi connectivity index (χ1) is 7.14. The lowest BCUT2D eigenvalue weighted by molar-refractivity contribution is -0.110. The SMILES string of the molecule is COC.[B]c1cnn(C23CC2(C=O)C3)c1. The normalized spacial score (nSPS) is 34.8. The molecule has 78 valence electrons. The molecule has 1 aromatic heterocycles. The third-order valence-corrected chi connectivity index (χ3v) is 3.16. The van der Waals surface area contributed by atoms with Crippen molar-refractivity contribution in [3.05, 3.63) is 12.4 Å². The zero-order valence-electron chi connectivity index (χ0n) is 8.93. The van der Waals surface area contributed by atoms with Gasteiger partial charge in [-0.1, -0.05) is 5.46 Å². The molecule has 0 saturated heterocycles. The van der Waals surface area contributed by atoms with E-state index in [1.165, 1.54) is 0 Å². The number of ether oxygens (including phenoxy) is 1. The van der Waals surface area contributed by atoms with E-state index >= 15 is 0 Å². The van der Waals surface area contributed by atoms with Crippen molar-refractivity contribution in [3.8, 4) is 0 Å². The van der Waals surface area contributed by atoms with Gasteiger partial charge in [0.25, 0.3) is 0 Å². The molecule has 1 heterocycles. The predicted molar refractivity (Wildman–Crippen MR) is 56.3 cm³/mol. The Morgan fingerprint density at radius 3 is 2.53 bits per heavy atom. The molecule has 0 bridgehead atoms. The van der Waals surface area contributed by atoms with E-state index in [-0.39, 0.29) is 11.0 Å². The van der Waals surface area contributed by atoms with E-state index in [0.717, 1.165) is 19.1 Å². The Morgan fingerprint density at radius 1 is 1.60 bits per heavy atom. The van der Waals surface area contributed by atoms with Gasteiger partial charge >= 0.3 is 0 Å². The van der Waals surface area contributed by atoms with Crippen LogP contribution in [0.15, 0.2) is 12.4 Å². The number of nitrogens with zero attached hydrogens (tertiary/aromatic N) is 2. The van der Waals surface area contributed by atoms with Crippen molar-refractivity contribution >= 4 is 19.6 Å². The van der Waals surface area contributed by atoms with Crippen LogP contribution in [0.25, 0.3) is 0 Å². The van der Waals surface area contributed by atoms with Crippen LogP contribution in [0.3, 0.4) is 0 Å². The van der Waals surface area contributed by atoms with Crippen molar-refractivity contribution in [2.24, 2.45) is 5.41 Å². The van der Waals surface area contributed by atoms with Crippen LogP contribution in [0.5, 0.6) is 0 Å². The smallest absolute Gasteiger partial charge is 0.128 e. The van der Waals surface area contributed by atoms with Gasteiger partial charge in [0.2, 0.25) is 0 Å². The van der Waals surface area contributed by atoms with Gasteiger partial charge in [-0.25, -0.2) is 0 Å². The highest BCUT2D eigenvalue weighted by atomic mass is 16.4. The van der Waals surface area contributed by atoms with Crippen molar-refractivity contribution < 1.29 is 9.53 Å². The summed E-state index contributed by atoms with van der Waals surface area (Å²) in [5, 5.41) is 4.12. The minimum atomic E-state index is -0.0640. The number of carbonyl (C=O) groups excluding carboxylic acids is 1. The van der Waals surface area contributed by atoms with Crippen LogP contribution < -0.4 is 5.46 Å². The first kappa shape index (κ1) is 10.4. The molecule has 0 atom stereocenters. The lowest BCUT2D eigenvalue weighted by Gasteiger charge is -2.00. The summed E-state index contributed by atoms with van der Waals surface area (Å²) in [6.07, 6.45) is 6.39. The minimum absolute atomic E-state index is 0.0341. The first-order valence-electron chi connectivity index (χ1n) is 4.81. The first-order valence-corrected chi connectivity index (χ1v) is 4.81. The second-order valence-electron chi connectivity index (χ2n) is 4.29. The van der Waals surface area contributed by atoms with Crippen LogP contribution in [-0.2, 0) is 15.1 Å². The Labute approximate surface area is 90.0 Å². The number of methoxy groups -OCH3 is 1. The lowest BCUT2D eigenvalue weighted by Crippen LogP contribution is -2.08. The molecular formula is C10H13BN2O2. The summed E-state index contributed by atoms with van der Waals surface area (Å²) in [5.74, 6) is 0. The molecule has 0 aliphatic heterocycles. The average Bonchev–Trinajstić information content (AvgIpc) is 2.93. The molecule has 5 heteroatoms. The Bertz CT molecular complexity index is 383. The van der Waals surface area contributed by atoms with Crippen molar-refractivity contribution in [1.29, 1.82) is 0 Å². The number of aromatic nitrogens is 2. The number of hydrogen-bond donors (Lipinski definition) is 0. The number of hydrogen-bond acceptors (Lipinski definition) is 3. The van der Waals surface area contributed by atoms with Gasteiger partial charge in [0.1, 0.15) is 14.1 Å². The molecule has 0 unspecified atom stereocenters. The van der Waals surface area contributed by atoms with Crippen molar-refractivity contribution in [2.45, 2.75) is 18.4 Å². The Balaban J connectivity index is 0.000000258. The molecule has 2 aliphatic carbocycles. The number of rotatable bonds is 2. The standard InChI is InChI=1S/C8H7BN2O.C2H6O/c9-6-1-10-11(2-6)8-3-7(8,4-8)5-12;1-3-2/h1-2,5H,3-4H2;1-2H3. The largest absolute Gasteiger partial charge is 0.388 e. The fourth-order valence-electron chi connectivity index (χ4n) is 2.06. The van der Waals surface area contributed by atoms with Gasteiger partial charge in [-0.15, -0.1) is 0 Å². The molecule has 2 fully saturated rings. The monoisotopic (exact) mass is 204 g/mol. The maximum Gasteiger partial charge on any atom is 0.128 e. The summed E-state index contributed by atoms with van der Waals surface area (Å²) < 4.78 is 6.09. The predicted octanol–water partition coefficient (Wildman–Crippen LogP) is -0.373. The highest BCUT2D eigenvalue weighted by Crippen LogP contribution is 2.82. The summed E-state index contributed by atoms with van der Waals surface area (Å²) in [4.78, 5) is 10.6. The van der Waals surface area contributed by atoms with E-state index in [4.69, 9.17) is 7.85 Å². The molecule has 0 aromatic carbocycles. The van der Waals surface area contributed by atoms with Crippen LogP contribution in [0.1, 0.15) is 12.8 Å². The van der Waals surface area contributed by atoms with E-state index < -0.39 is 0 Å². The maximum atomic E-state index is 10.6. The Hall–Kier alpha value is -1.10. The number of fused-ring (bicyclic) bond motifs is 1. The summed E-state index contributed by atoms with van der Waals surface area (Å²) in [6.45, 7) is 0. The molecule has 2 aliphatic rings. The molecule has 0 spiro atoms. The molecule has 3 rings (SSSR count). The summed E-state index contributed by atoms with van der Waals surface area (Å²) in [5.41, 5.74) is 0.639. The van der Waals surface area contributed by atoms with Gasteiger partial charge in [0, 0.05) is 26.6 Å². The second-order valence-corrected chi connectivity index (χ2v) is 4.29. The second kappa shape index (κ2) is 3.20. The van der Waals surface area contributed by atoms with Gasteiger partial charge in [0.15, 0.2) is 0 Å². The quantitative estimate of drug-likeness (QED) is 0.487. The van der Waals surface area contributed by atoms with Crippen LogP contribution in [0.4, 0.5) is 0 Å². The third-order valence-electron chi connectivity index (χ3n) is 3.16. The van der Waals surface area contributed by atoms with Gasteiger partial charge < -0.3 is 9.53 Å². The fraction of sp³-hybridized carbons (Fsp3) is 0.600. The average molecular weight is 204 g/mol. The summed E-state index contributed by atoms with van der Waals surface area (Å²) >= 11 is 0. The number of aldehydes is 1. The van der Waals surface area contributed by atoms with Crippen molar-refractivity contribution in [3.63, 3.8) is 0 Å². The van der Waals surface area contributed by atoms with Crippen molar-refractivity contribution in [2.75, 3.05) is 14.2 Å². The number of carbonyl (C=O) groups is 1. The van der Waals surface area contributed by atoms with Gasteiger partial charge in [-0.3, -0.25) is 4.68 Å². The Morgan fingerprint density at radius 2 is 2.20 bits per heavy atom. The maximum absolute atomic E-state index is 10.6. The van der Waals surface area contributed by atoms with Crippen LogP contribution in [0.2, 0.25) is 0 Å². The molecule has 4 nitrogen and oxygen atoms in total. The third kappa shape index (κ3) is 1.33. The highest BCUT2D eigenvalue weighted by Gasteiger charge is 2.85. The molecule has 0 N–H and O–H groups in total.